The van der Waals surface area contributed by atoms with E-state index in [9.17, 15) is 0 Å². The van der Waals surface area contributed by atoms with Crippen LogP contribution in [0.1, 0.15) is 30.1 Å². The number of hydrogen-bond donors (Lipinski definition) is 0. The average molecular weight is 270 g/mol. The molecule has 0 spiro atoms. The van der Waals surface area contributed by atoms with Gasteiger partial charge in [-0.1, -0.05) is 37.3 Å². The summed E-state index contributed by atoms with van der Waals surface area (Å²) < 4.78 is 16.8. The summed E-state index contributed by atoms with van der Waals surface area (Å²) in [6.07, 6.45) is 0.0445. The van der Waals surface area contributed by atoms with Crippen molar-refractivity contribution < 1.29 is 14.2 Å². The molecule has 3 rings (SSSR count). The third-order valence-corrected chi connectivity index (χ3v) is 3.84. The second-order valence-corrected chi connectivity index (χ2v) is 4.98. The van der Waals surface area contributed by atoms with Gasteiger partial charge in [-0.05, 0) is 11.6 Å². The van der Waals surface area contributed by atoms with Crippen LogP contribution in [-0.4, -0.2) is 14.2 Å². The van der Waals surface area contributed by atoms with Crippen LogP contribution in [0.15, 0.2) is 42.5 Å². The summed E-state index contributed by atoms with van der Waals surface area (Å²) in [6.45, 7) is 2.18. The van der Waals surface area contributed by atoms with Gasteiger partial charge in [0.15, 0.2) is 11.5 Å². The highest BCUT2D eigenvalue weighted by atomic mass is 16.5. The Morgan fingerprint density at radius 2 is 1.60 bits per heavy atom. The number of rotatable bonds is 3. The Morgan fingerprint density at radius 3 is 2.25 bits per heavy atom. The molecule has 3 heteroatoms. The van der Waals surface area contributed by atoms with E-state index in [1.54, 1.807) is 14.2 Å². The molecule has 1 heterocycles. The fourth-order valence-corrected chi connectivity index (χ4v) is 2.74. The van der Waals surface area contributed by atoms with Crippen LogP contribution in [0.4, 0.5) is 0 Å². The summed E-state index contributed by atoms with van der Waals surface area (Å²) in [6, 6.07) is 14.2. The van der Waals surface area contributed by atoms with Crippen LogP contribution >= 0.6 is 0 Å². The summed E-state index contributed by atoms with van der Waals surface area (Å²) in [4.78, 5) is 0. The van der Waals surface area contributed by atoms with Gasteiger partial charge in [-0.2, -0.15) is 0 Å². The van der Waals surface area contributed by atoms with Crippen molar-refractivity contribution in [1.82, 2.24) is 0 Å². The van der Waals surface area contributed by atoms with Gasteiger partial charge >= 0.3 is 0 Å². The Labute approximate surface area is 119 Å². The lowest BCUT2D eigenvalue weighted by molar-refractivity contribution is 0.215. The fraction of sp³-hybridized carbons (Fsp3) is 0.294. The van der Waals surface area contributed by atoms with Crippen LogP contribution in [0.3, 0.4) is 0 Å². The van der Waals surface area contributed by atoms with Crippen molar-refractivity contribution in [1.29, 1.82) is 0 Å². The molecule has 0 bridgehead atoms. The number of benzene rings is 2. The Hall–Kier alpha value is -2.16. The van der Waals surface area contributed by atoms with E-state index in [-0.39, 0.29) is 12.0 Å². The van der Waals surface area contributed by atoms with Gasteiger partial charge in [-0.15, -0.1) is 0 Å². The molecular weight excluding hydrogens is 252 g/mol. The van der Waals surface area contributed by atoms with Crippen molar-refractivity contribution in [2.24, 2.45) is 0 Å². The molecule has 0 N–H and O–H groups in total. The van der Waals surface area contributed by atoms with Gasteiger partial charge in [0.25, 0.3) is 0 Å². The maximum absolute atomic E-state index is 6.11. The smallest absolute Gasteiger partial charge is 0.164 e. The van der Waals surface area contributed by atoms with E-state index in [0.29, 0.717) is 5.75 Å². The molecule has 0 radical (unpaired) electrons. The van der Waals surface area contributed by atoms with Gasteiger partial charge in [0.05, 0.1) is 14.2 Å². The van der Waals surface area contributed by atoms with Crippen LogP contribution < -0.4 is 14.2 Å². The van der Waals surface area contributed by atoms with Gasteiger partial charge in [0.1, 0.15) is 11.9 Å². The molecule has 104 valence electrons. The first-order valence-electron chi connectivity index (χ1n) is 6.72. The Balaban J connectivity index is 2.00. The Kier molecular flexibility index (Phi) is 3.26. The van der Waals surface area contributed by atoms with Crippen molar-refractivity contribution in [2.45, 2.75) is 18.9 Å². The summed E-state index contributed by atoms with van der Waals surface area (Å²) in [7, 11) is 3.29. The lowest BCUT2D eigenvalue weighted by Crippen LogP contribution is -2.06. The molecule has 2 atom stereocenters. The maximum atomic E-state index is 6.11. The fourth-order valence-electron chi connectivity index (χ4n) is 2.74. The zero-order valence-electron chi connectivity index (χ0n) is 11.9. The first-order chi connectivity index (χ1) is 9.74. The average Bonchev–Trinajstić information content (AvgIpc) is 2.83. The van der Waals surface area contributed by atoms with Gasteiger partial charge in [0, 0.05) is 17.5 Å². The molecule has 2 aromatic rings. The molecule has 1 aliphatic rings. The zero-order chi connectivity index (χ0) is 14.1. The van der Waals surface area contributed by atoms with Crippen LogP contribution in [0.25, 0.3) is 0 Å². The standard InChI is InChI=1S/C17H18O3/c1-11-13-9-15(18-2)16(19-3)10-14(13)20-17(11)12-7-5-4-6-8-12/h4-11,17H,1-3H3/t11-,17-/m0/s1. The molecule has 0 fully saturated rings. The monoisotopic (exact) mass is 270 g/mol. The van der Waals surface area contributed by atoms with E-state index < -0.39 is 0 Å². The molecule has 0 amide bonds. The van der Waals surface area contributed by atoms with Gasteiger partial charge in [-0.3, -0.25) is 0 Å². The summed E-state index contributed by atoms with van der Waals surface area (Å²) in [5.74, 6) is 2.61. The van der Waals surface area contributed by atoms with Gasteiger partial charge in [-0.25, -0.2) is 0 Å². The molecule has 0 saturated carbocycles. The number of fused-ring (bicyclic) bond motifs is 1. The minimum absolute atomic E-state index is 0.0445. The molecule has 20 heavy (non-hydrogen) atoms. The van der Waals surface area contributed by atoms with Crippen molar-refractivity contribution in [2.75, 3.05) is 14.2 Å². The van der Waals surface area contributed by atoms with E-state index in [1.807, 2.05) is 30.3 Å². The van der Waals surface area contributed by atoms with Crippen molar-refractivity contribution in [3.05, 3.63) is 53.6 Å². The van der Waals surface area contributed by atoms with E-state index in [4.69, 9.17) is 14.2 Å². The second kappa shape index (κ2) is 5.08. The van der Waals surface area contributed by atoms with E-state index >= 15 is 0 Å². The Morgan fingerprint density at radius 1 is 0.950 bits per heavy atom. The lowest BCUT2D eigenvalue weighted by Gasteiger charge is -2.15. The van der Waals surface area contributed by atoms with Crippen molar-refractivity contribution >= 4 is 0 Å². The molecule has 1 aliphatic heterocycles. The summed E-state index contributed by atoms with van der Waals surface area (Å²) in [5, 5.41) is 0. The predicted octanol–water partition coefficient (Wildman–Crippen LogP) is 3.94. The van der Waals surface area contributed by atoms with Crippen molar-refractivity contribution in [3.8, 4) is 17.2 Å². The topological polar surface area (TPSA) is 27.7 Å². The molecule has 0 aliphatic carbocycles. The maximum Gasteiger partial charge on any atom is 0.164 e. The van der Waals surface area contributed by atoms with E-state index in [2.05, 4.69) is 19.1 Å². The predicted molar refractivity (Wildman–Crippen MR) is 77.8 cm³/mol. The molecule has 0 aromatic heterocycles. The lowest BCUT2D eigenvalue weighted by atomic mass is 9.93. The van der Waals surface area contributed by atoms with Crippen molar-refractivity contribution in [3.63, 3.8) is 0 Å². The first kappa shape index (κ1) is 12.9. The molecule has 0 unspecified atom stereocenters. The van der Waals surface area contributed by atoms with Crippen LogP contribution in [0, 0.1) is 0 Å². The van der Waals surface area contributed by atoms with Crippen LogP contribution in [-0.2, 0) is 0 Å². The molecule has 0 saturated heterocycles. The number of methoxy groups -OCH3 is 2. The number of ether oxygens (including phenoxy) is 3. The molecular formula is C17H18O3. The quantitative estimate of drug-likeness (QED) is 0.845. The van der Waals surface area contributed by atoms with Gasteiger partial charge in [0.2, 0.25) is 0 Å². The minimum atomic E-state index is 0.0445. The van der Waals surface area contributed by atoms with Gasteiger partial charge < -0.3 is 14.2 Å². The summed E-state index contributed by atoms with van der Waals surface area (Å²) >= 11 is 0. The molecule has 2 aromatic carbocycles. The molecule has 3 nitrogen and oxygen atoms in total. The van der Waals surface area contributed by atoms with Crippen LogP contribution in [0.5, 0.6) is 17.2 Å². The highest BCUT2D eigenvalue weighted by Crippen LogP contribution is 2.49. The SMILES string of the molecule is COc1cc2c(cc1OC)[C@H](C)[C@@H](c1ccccc1)O2. The normalized spacial score (nSPS) is 20.1. The summed E-state index contributed by atoms with van der Waals surface area (Å²) in [5.41, 5.74) is 2.35. The highest BCUT2D eigenvalue weighted by Gasteiger charge is 2.33. The Bertz CT molecular complexity index is 607. The number of hydrogen-bond acceptors (Lipinski definition) is 3. The largest absolute Gasteiger partial charge is 0.493 e. The third-order valence-electron chi connectivity index (χ3n) is 3.84. The zero-order valence-corrected chi connectivity index (χ0v) is 11.9. The third kappa shape index (κ3) is 1.99. The van der Waals surface area contributed by atoms with Crippen LogP contribution in [0.2, 0.25) is 0 Å². The second-order valence-electron chi connectivity index (χ2n) is 4.98. The van der Waals surface area contributed by atoms with E-state index in [1.165, 1.54) is 5.56 Å². The minimum Gasteiger partial charge on any atom is -0.493 e. The van der Waals surface area contributed by atoms with E-state index in [0.717, 1.165) is 17.1 Å². The highest BCUT2D eigenvalue weighted by molar-refractivity contribution is 5.54. The first-order valence-corrected chi connectivity index (χ1v) is 6.72.